The molecule has 2 aromatic carbocycles. The van der Waals surface area contributed by atoms with Crippen LogP contribution in [0.5, 0.6) is 0 Å². The number of amides is 1. The zero-order valence-corrected chi connectivity index (χ0v) is 19.2. The standard InChI is InChI=1S/C21H23ClN2O4S2/c1-15-5-8-17(9-6-15)30(26,27)13-3-4-20(25)23-21-24(11-12-28-2)18-10-7-16(22)14-19(18)29-21/h5-10,14H,3-4,11-13H2,1-2H3. The van der Waals surface area contributed by atoms with Gasteiger partial charge in [-0.3, -0.25) is 4.79 Å². The van der Waals surface area contributed by atoms with Crippen LogP contribution in [-0.2, 0) is 25.9 Å². The maximum atomic E-state index is 12.4. The van der Waals surface area contributed by atoms with E-state index in [1.807, 2.05) is 23.6 Å². The molecular formula is C21H23ClN2O4S2. The molecule has 1 amide bonds. The summed E-state index contributed by atoms with van der Waals surface area (Å²) in [4.78, 5) is 17.5. The van der Waals surface area contributed by atoms with Gasteiger partial charge in [0.2, 0.25) is 5.91 Å². The molecule has 1 aromatic heterocycles. The Morgan fingerprint density at radius 1 is 1.20 bits per heavy atom. The van der Waals surface area contributed by atoms with E-state index >= 15 is 0 Å². The highest BCUT2D eigenvalue weighted by Gasteiger charge is 2.15. The SMILES string of the molecule is COCCn1c(=NC(=O)CCCS(=O)(=O)c2ccc(C)cc2)sc2cc(Cl)ccc21. The van der Waals surface area contributed by atoms with E-state index in [2.05, 4.69) is 4.99 Å². The number of ether oxygens (including phenoxy) is 1. The quantitative estimate of drug-likeness (QED) is 0.502. The van der Waals surface area contributed by atoms with Gasteiger partial charge >= 0.3 is 0 Å². The summed E-state index contributed by atoms with van der Waals surface area (Å²) in [5.41, 5.74) is 1.92. The summed E-state index contributed by atoms with van der Waals surface area (Å²) in [5, 5.41) is 0.613. The van der Waals surface area contributed by atoms with Crippen LogP contribution >= 0.6 is 22.9 Å². The molecule has 0 fully saturated rings. The van der Waals surface area contributed by atoms with Crippen LogP contribution in [0.2, 0.25) is 5.02 Å². The Balaban J connectivity index is 1.74. The summed E-state index contributed by atoms with van der Waals surface area (Å²) in [6.07, 6.45) is 0.276. The molecule has 0 unspecified atom stereocenters. The number of nitrogens with zero attached hydrogens (tertiary/aromatic N) is 2. The molecule has 3 rings (SSSR count). The number of benzene rings is 2. The first-order valence-corrected chi connectivity index (χ1v) is 12.3. The number of aryl methyl sites for hydroxylation is 1. The van der Waals surface area contributed by atoms with Gasteiger partial charge in [0.05, 0.1) is 27.5 Å². The Hall–Kier alpha value is -2.00. The summed E-state index contributed by atoms with van der Waals surface area (Å²) in [6, 6.07) is 12.2. The van der Waals surface area contributed by atoms with Crippen LogP contribution < -0.4 is 4.80 Å². The highest BCUT2D eigenvalue weighted by atomic mass is 35.5. The van der Waals surface area contributed by atoms with Crippen molar-refractivity contribution in [3.05, 3.63) is 57.9 Å². The lowest BCUT2D eigenvalue weighted by Gasteiger charge is -2.05. The molecule has 0 saturated carbocycles. The van der Waals surface area contributed by atoms with Crippen LogP contribution in [0, 0.1) is 6.92 Å². The molecule has 0 bridgehead atoms. The minimum absolute atomic E-state index is 0.0599. The van der Waals surface area contributed by atoms with Gasteiger partial charge in [0.25, 0.3) is 0 Å². The van der Waals surface area contributed by atoms with Crippen LogP contribution in [0.3, 0.4) is 0 Å². The molecule has 30 heavy (non-hydrogen) atoms. The lowest BCUT2D eigenvalue weighted by molar-refractivity contribution is -0.118. The fraction of sp³-hybridized carbons (Fsp3) is 0.333. The number of hydrogen-bond acceptors (Lipinski definition) is 5. The second-order valence-corrected chi connectivity index (χ2v) is 10.4. The second-order valence-electron chi connectivity index (χ2n) is 6.88. The minimum Gasteiger partial charge on any atom is -0.383 e. The first-order valence-electron chi connectivity index (χ1n) is 9.45. The first-order chi connectivity index (χ1) is 14.3. The molecule has 0 aliphatic rings. The molecule has 0 atom stereocenters. The molecule has 0 N–H and O–H groups in total. The topological polar surface area (TPSA) is 77.7 Å². The molecule has 1 heterocycles. The number of hydrogen-bond donors (Lipinski definition) is 0. The van der Waals surface area contributed by atoms with E-state index in [0.717, 1.165) is 15.8 Å². The highest BCUT2D eigenvalue weighted by Crippen LogP contribution is 2.22. The van der Waals surface area contributed by atoms with Crippen LogP contribution in [0.1, 0.15) is 18.4 Å². The lowest BCUT2D eigenvalue weighted by Crippen LogP contribution is -2.19. The van der Waals surface area contributed by atoms with Gasteiger partial charge in [-0.25, -0.2) is 8.42 Å². The molecule has 3 aromatic rings. The van der Waals surface area contributed by atoms with Gasteiger partial charge in [-0.15, -0.1) is 0 Å². The van der Waals surface area contributed by atoms with Crippen molar-refractivity contribution in [1.82, 2.24) is 4.57 Å². The van der Waals surface area contributed by atoms with Crippen LogP contribution in [-0.4, -0.2) is 38.4 Å². The van der Waals surface area contributed by atoms with E-state index in [0.29, 0.717) is 23.0 Å². The Morgan fingerprint density at radius 2 is 1.93 bits per heavy atom. The number of fused-ring (bicyclic) bond motifs is 1. The molecule has 0 spiro atoms. The van der Waals surface area contributed by atoms with Crippen LogP contribution in [0.4, 0.5) is 0 Å². The highest BCUT2D eigenvalue weighted by molar-refractivity contribution is 7.91. The lowest BCUT2D eigenvalue weighted by atomic mass is 10.2. The van der Waals surface area contributed by atoms with Crippen molar-refractivity contribution in [1.29, 1.82) is 0 Å². The molecular weight excluding hydrogens is 444 g/mol. The zero-order valence-electron chi connectivity index (χ0n) is 16.8. The Kier molecular flexibility index (Phi) is 7.46. The van der Waals surface area contributed by atoms with Gasteiger partial charge in [0.15, 0.2) is 14.6 Å². The van der Waals surface area contributed by atoms with Crippen molar-refractivity contribution in [2.45, 2.75) is 31.2 Å². The van der Waals surface area contributed by atoms with Gasteiger partial charge in [-0.05, 0) is 43.7 Å². The van der Waals surface area contributed by atoms with Crippen molar-refractivity contribution >= 4 is 48.9 Å². The predicted octanol–water partition coefficient (Wildman–Crippen LogP) is 3.99. The zero-order chi connectivity index (χ0) is 21.7. The fourth-order valence-corrected chi connectivity index (χ4v) is 5.63. The maximum Gasteiger partial charge on any atom is 0.248 e. The van der Waals surface area contributed by atoms with E-state index in [1.54, 1.807) is 37.4 Å². The maximum absolute atomic E-state index is 12.4. The first kappa shape index (κ1) is 22.7. The number of sulfone groups is 1. The van der Waals surface area contributed by atoms with Crippen molar-refractivity contribution < 1.29 is 17.9 Å². The van der Waals surface area contributed by atoms with Crippen molar-refractivity contribution in [2.24, 2.45) is 4.99 Å². The third-order valence-corrected chi connectivity index (χ3v) is 7.66. The molecule has 9 heteroatoms. The van der Waals surface area contributed by atoms with Crippen molar-refractivity contribution in [3.8, 4) is 0 Å². The monoisotopic (exact) mass is 466 g/mol. The third-order valence-electron chi connectivity index (χ3n) is 4.57. The van der Waals surface area contributed by atoms with Gasteiger partial charge in [0.1, 0.15) is 0 Å². The van der Waals surface area contributed by atoms with Crippen LogP contribution in [0.15, 0.2) is 52.4 Å². The van der Waals surface area contributed by atoms with Gasteiger partial charge in [-0.1, -0.05) is 40.6 Å². The normalized spacial score (nSPS) is 12.6. The summed E-state index contributed by atoms with van der Waals surface area (Å²) < 4.78 is 32.9. The third kappa shape index (κ3) is 5.57. The van der Waals surface area contributed by atoms with E-state index in [4.69, 9.17) is 16.3 Å². The number of carbonyl (C=O) groups excluding carboxylic acids is 1. The van der Waals surface area contributed by atoms with E-state index in [9.17, 15) is 13.2 Å². The predicted molar refractivity (Wildman–Crippen MR) is 120 cm³/mol. The summed E-state index contributed by atoms with van der Waals surface area (Å²) in [7, 11) is -1.81. The van der Waals surface area contributed by atoms with E-state index in [-0.39, 0.29) is 29.4 Å². The molecule has 0 saturated heterocycles. The minimum atomic E-state index is -3.42. The van der Waals surface area contributed by atoms with Crippen LogP contribution in [0.25, 0.3) is 10.2 Å². The number of methoxy groups -OCH3 is 1. The van der Waals surface area contributed by atoms with E-state index in [1.165, 1.54) is 11.3 Å². The largest absolute Gasteiger partial charge is 0.383 e. The number of thiazole rings is 1. The number of halogens is 1. The Bertz CT molecular complexity index is 1210. The summed E-state index contributed by atoms with van der Waals surface area (Å²) in [6.45, 7) is 2.92. The summed E-state index contributed by atoms with van der Waals surface area (Å²) >= 11 is 7.45. The number of carbonyl (C=O) groups is 1. The van der Waals surface area contributed by atoms with Gasteiger partial charge in [0, 0.05) is 25.1 Å². The second kappa shape index (κ2) is 9.87. The smallest absolute Gasteiger partial charge is 0.248 e. The average Bonchev–Trinajstić information content (AvgIpc) is 3.02. The Morgan fingerprint density at radius 3 is 2.63 bits per heavy atom. The number of aromatic nitrogens is 1. The van der Waals surface area contributed by atoms with Crippen molar-refractivity contribution in [3.63, 3.8) is 0 Å². The fourth-order valence-electron chi connectivity index (χ4n) is 2.97. The number of rotatable bonds is 8. The molecule has 160 valence electrons. The molecule has 0 aliphatic carbocycles. The van der Waals surface area contributed by atoms with E-state index < -0.39 is 9.84 Å². The molecule has 6 nitrogen and oxygen atoms in total. The molecule has 0 radical (unpaired) electrons. The molecule has 0 aliphatic heterocycles. The summed E-state index contributed by atoms with van der Waals surface area (Å²) in [5.74, 6) is -0.443. The average molecular weight is 467 g/mol. The van der Waals surface area contributed by atoms with Gasteiger partial charge < -0.3 is 9.30 Å². The van der Waals surface area contributed by atoms with Gasteiger partial charge in [-0.2, -0.15) is 4.99 Å². The Labute approximate surface area is 184 Å². The van der Waals surface area contributed by atoms with Crippen molar-refractivity contribution in [2.75, 3.05) is 19.5 Å².